The number of aromatic nitrogens is 2. The summed E-state index contributed by atoms with van der Waals surface area (Å²) in [5.74, 6) is -0.545. The molecule has 20 heavy (non-hydrogen) atoms. The zero-order chi connectivity index (χ0) is 14.5. The molecule has 3 rings (SSSR count). The van der Waals surface area contributed by atoms with Crippen LogP contribution in [0.25, 0.3) is 11.0 Å². The number of benzene rings is 1. The van der Waals surface area contributed by atoms with E-state index < -0.39 is 21.6 Å². The Balaban J connectivity index is 2.27. The van der Waals surface area contributed by atoms with Crippen molar-refractivity contribution in [3.8, 4) is 5.88 Å². The van der Waals surface area contributed by atoms with Gasteiger partial charge in [0, 0.05) is 15.9 Å². The fraction of sp³-hybridized carbons (Fsp3) is 0. The van der Waals surface area contributed by atoms with Gasteiger partial charge in [-0.25, -0.2) is 4.79 Å². The molecule has 7 nitrogen and oxygen atoms in total. The van der Waals surface area contributed by atoms with E-state index in [0.29, 0.717) is 19.4 Å². The smallest absolute Gasteiger partial charge is 0.342 e. The van der Waals surface area contributed by atoms with E-state index >= 15 is 0 Å². The fourth-order valence-corrected chi connectivity index (χ4v) is 3.39. The van der Waals surface area contributed by atoms with Crippen LogP contribution >= 0.6 is 15.9 Å². The minimum absolute atomic E-state index is 0.366. The monoisotopic (exact) mass is 358 g/mol. The van der Waals surface area contributed by atoms with Gasteiger partial charge < -0.3 is 9.52 Å². The molecular weight excluding hydrogens is 352 g/mol. The van der Waals surface area contributed by atoms with E-state index in [-0.39, 0.29) is 5.09 Å². The van der Waals surface area contributed by atoms with Gasteiger partial charge in [0.05, 0.1) is 6.20 Å². The predicted molar refractivity (Wildman–Crippen MR) is 73.2 cm³/mol. The van der Waals surface area contributed by atoms with Gasteiger partial charge in [-0.2, -0.15) is 12.4 Å². The number of nitrogens with one attached hydrogen (secondary N) is 1. The first kappa shape index (κ1) is 13.0. The molecule has 0 unspecified atom stereocenters. The van der Waals surface area contributed by atoms with Crippen LogP contribution in [0.3, 0.4) is 0 Å². The van der Waals surface area contributed by atoms with Crippen molar-refractivity contribution in [3.63, 3.8) is 0 Å². The van der Waals surface area contributed by atoms with E-state index in [1.807, 2.05) is 4.98 Å². The molecule has 0 saturated heterocycles. The number of aromatic hydroxyl groups is 1. The van der Waals surface area contributed by atoms with Crippen molar-refractivity contribution >= 4 is 36.9 Å². The quantitative estimate of drug-likeness (QED) is 0.724. The van der Waals surface area contributed by atoms with Gasteiger partial charge in [-0.3, -0.25) is 4.98 Å². The molecule has 0 atom stereocenters. The largest absolute Gasteiger partial charge is 0.493 e. The molecule has 0 radical (unpaired) electrons. The van der Waals surface area contributed by atoms with Crippen LogP contribution in [0.4, 0.5) is 0 Å². The lowest BCUT2D eigenvalue weighted by Gasteiger charge is -1.98. The highest BCUT2D eigenvalue weighted by molar-refractivity contribution is 9.10. The van der Waals surface area contributed by atoms with Gasteiger partial charge in [-0.15, -0.1) is 0 Å². The van der Waals surface area contributed by atoms with E-state index in [2.05, 4.69) is 15.9 Å². The van der Waals surface area contributed by atoms with E-state index in [0.717, 1.165) is 6.20 Å². The highest BCUT2D eigenvalue weighted by Crippen LogP contribution is 2.29. The normalized spacial score (nSPS) is 12.1. The van der Waals surface area contributed by atoms with Gasteiger partial charge in [0.2, 0.25) is 11.0 Å². The van der Waals surface area contributed by atoms with E-state index in [4.69, 9.17) is 9.52 Å². The van der Waals surface area contributed by atoms with E-state index in [9.17, 15) is 13.2 Å². The molecule has 2 heterocycles. The van der Waals surface area contributed by atoms with Gasteiger partial charge >= 0.3 is 15.7 Å². The third-order valence-electron chi connectivity index (χ3n) is 2.67. The number of fused-ring (bicyclic) bond motifs is 1. The summed E-state index contributed by atoms with van der Waals surface area (Å²) in [5.41, 5.74) is -0.604. The molecule has 0 spiro atoms. The van der Waals surface area contributed by atoms with Crippen LogP contribution < -0.4 is 5.69 Å². The summed E-state index contributed by atoms with van der Waals surface area (Å²) in [6.45, 7) is 0. The molecule has 104 valence electrons. The lowest BCUT2D eigenvalue weighted by molar-refractivity contribution is 0.455. The number of aromatic amines is 1. The Morgan fingerprint density at radius 2 is 2.10 bits per heavy atom. The number of hydrogen-bond acceptors (Lipinski definition) is 5. The molecule has 0 bridgehead atoms. The average molecular weight is 359 g/mol. The molecule has 0 aliphatic heterocycles. The van der Waals surface area contributed by atoms with Crippen LogP contribution in [0.15, 0.2) is 49.2 Å². The molecule has 9 heteroatoms. The first-order valence-corrected chi connectivity index (χ1v) is 7.57. The van der Waals surface area contributed by atoms with Gasteiger partial charge in [-0.1, -0.05) is 22.0 Å². The van der Waals surface area contributed by atoms with Crippen molar-refractivity contribution in [1.29, 1.82) is 0 Å². The second kappa shape index (κ2) is 4.25. The Bertz CT molecular complexity index is 966. The minimum atomic E-state index is -4.20. The molecule has 2 N–H and O–H groups in total. The van der Waals surface area contributed by atoms with Gasteiger partial charge in [0.15, 0.2) is 0 Å². The Morgan fingerprint density at radius 1 is 1.35 bits per heavy atom. The van der Waals surface area contributed by atoms with Crippen LogP contribution in [0.2, 0.25) is 0 Å². The first-order chi connectivity index (χ1) is 9.39. The topological polar surface area (TPSA) is 105 Å². The summed E-state index contributed by atoms with van der Waals surface area (Å²) >= 11 is 3.28. The molecule has 0 amide bonds. The second-order valence-electron chi connectivity index (χ2n) is 3.96. The summed E-state index contributed by atoms with van der Waals surface area (Å²) in [6, 6.07) is 6.35. The fourth-order valence-electron chi connectivity index (χ4n) is 1.77. The molecular formula is C11H7BrN2O5S. The Morgan fingerprint density at radius 3 is 2.70 bits per heavy atom. The van der Waals surface area contributed by atoms with Crippen LogP contribution in [-0.4, -0.2) is 22.5 Å². The molecule has 3 aromatic rings. The van der Waals surface area contributed by atoms with Crippen LogP contribution in [0, 0.1) is 0 Å². The van der Waals surface area contributed by atoms with Crippen LogP contribution in [0.1, 0.15) is 0 Å². The third-order valence-corrected chi connectivity index (χ3v) is 4.86. The van der Waals surface area contributed by atoms with Gasteiger partial charge in [0.1, 0.15) is 5.58 Å². The zero-order valence-electron chi connectivity index (χ0n) is 9.70. The average Bonchev–Trinajstić information content (AvgIpc) is 2.94. The second-order valence-corrected chi connectivity index (χ2v) is 6.56. The molecule has 0 fully saturated rings. The van der Waals surface area contributed by atoms with E-state index in [1.165, 1.54) is 6.07 Å². The number of imidazole rings is 1. The van der Waals surface area contributed by atoms with Crippen molar-refractivity contribution < 1.29 is 17.9 Å². The summed E-state index contributed by atoms with van der Waals surface area (Å²) in [7, 11) is -4.20. The molecule has 0 aliphatic rings. The maximum atomic E-state index is 12.3. The Labute approximate surface area is 120 Å². The lowest BCUT2D eigenvalue weighted by atomic mass is 10.3. The van der Waals surface area contributed by atoms with Gasteiger partial charge in [-0.05, 0) is 12.1 Å². The Kier molecular flexibility index (Phi) is 2.76. The SMILES string of the molecule is O=c1[nH]c(O)cn1S(=O)(=O)c1cc2c(Br)cccc2o1. The first-order valence-electron chi connectivity index (χ1n) is 5.34. The number of hydrogen-bond donors (Lipinski definition) is 2. The molecule has 1 aromatic carbocycles. The van der Waals surface area contributed by atoms with Gasteiger partial charge in [0.25, 0.3) is 0 Å². The third kappa shape index (κ3) is 1.86. The summed E-state index contributed by atoms with van der Waals surface area (Å²) in [4.78, 5) is 13.4. The summed E-state index contributed by atoms with van der Waals surface area (Å²) in [5, 5.41) is 9.33. The highest BCUT2D eigenvalue weighted by atomic mass is 79.9. The number of rotatable bonds is 2. The van der Waals surface area contributed by atoms with Crippen molar-refractivity contribution in [2.75, 3.05) is 0 Å². The van der Waals surface area contributed by atoms with E-state index in [1.54, 1.807) is 18.2 Å². The van der Waals surface area contributed by atoms with Crippen molar-refractivity contribution in [1.82, 2.24) is 8.96 Å². The number of nitrogens with zero attached hydrogens (tertiary/aromatic N) is 1. The standard InChI is InChI=1S/C11H7BrN2O5S/c12-7-2-1-3-8-6(7)4-10(19-8)20(17,18)14-5-9(15)13-11(14)16/h1-5,15H,(H,13,16). The summed E-state index contributed by atoms with van der Waals surface area (Å²) < 4.78 is 30.9. The number of halogens is 1. The zero-order valence-corrected chi connectivity index (χ0v) is 12.1. The number of H-pyrrole nitrogens is 1. The molecule has 0 aliphatic carbocycles. The predicted octanol–water partition coefficient (Wildman–Crippen LogP) is 1.63. The molecule has 2 aromatic heterocycles. The maximum Gasteiger partial charge on any atom is 0.342 e. The number of furan rings is 1. The van der Waals surface area contributed by atoms with Crippen molar-refractivity contribution in [3.05, 3.63) is 45.4 Å². The lowest BCUT2D eigenvalue weighted by Crippen LogP contribution is -2.24. The van der Waals surface area contributed by atoms with Crippen molar-refractivity contribution in [2.24, 2.45) is 0 Å². The van der Waals surface area contributed by atoms with Crippen molar-refractivity contribution in [2.45, 2.75) is 5.09 Å². The highest BCUT2D eigenvalue weighted by Gasteiger charge is 2.25. The molecule has 0 saturated carbocycles. The maximum absolute atomic E-state index is 12.3. The minimum Gasteiger partial charge on any atom is -0.493 e. The van der Waals surface area contributed by atoms with Crippen LogP contribution in [-0.2, 0) is 10.0 Å². The summed E-state index contributed by atoms with van der Waals surface area (Å²) in [6.07, 6.45) is 0.778. The Hall–Kier alpha value is -2.00. The van der Waals surface area contributed by atoms with Crippen LogP contribution in [0.5, 0.6) is 5.88 Å².